The maximum atomic E-state index is 11.9. The molecule has 2 heterocycles. The van der Waals surface area contributed by atoms with Crippen LogP contribution in [-0.2, 0) is 4.79 Å². The van der Waals surface area contributed by atoms with Crippen molar-refractivity contribution in [1.29, 1.82) is 0 Å². The molecule has 24 heavy (non-hydrogen) atoms. The molecule has 0 aliphatic rings. The van der Waals surface area contributed by atoms with E-state index in [0.717, 1.165) is 10.9 Å². The van der Waals surface area contributed by atoms with Gasteiger partial charge in [-0.1, -0.05) is 11.6 Å². The summed E-state index contributed by atoms with van der Waals surface area (Å²) in [5.41, 5.74) is 1.21. The molecular formula is C17H13ClN2O4. The number of amides is 1. The molecule has 0 aliphatic heterocycles. The molecule has 7 heteroatoms. The van der Waals surface area contributed by atoms with Crippen molar-refractivity contribution >= 4 is 34.2 Å². The average molecular weight is 345 g/mol. The van der Waals surface area contributed by atoms with Crippen molar-refractivity contribution in [3.8, 4) is 5.75 Å². The number of nitrogens with one attached hydrogen (secondary N) is 1. The predicted molar refractivity (Wildman–Crippen MR) is 90.6 cm³/mol. The molecule has 0 saturated heterocycles. The monoisotopic (exact) mass is 344 g/mol. The fourth-order valence-electron chi connectivity index (χ4n) is 2.21. The van der Waals surface area contributed by atoms with E-state index in [1.165, 1.54) is 12.3 Å². The van der Waals surface area contributed by atoms with E-state index in [-0.39, 0.29) is 17.7 Å². The number of anilines is 1. The molecule has 3 aromatic rings. The molecule has 0 fully saturated rings. The van der Waals surface area contributed by atoms with Gasteiger partial charge in [0.15, 0.2) is 11.8 Å². The van der Waals surface area contributed by atoms with Gasteiger partial charge >= 0.3 is 5.63 Å². The standard InChI is InChI=1S/C17H13ClN2O4/c1-10-7-16(22)24-14-8-11(4-5-12(10)14)23-9-15(21)20-13-3-2-6-19-17(13)18/h2-8H,9H2,1H3,(H,20,21). The predicted octanol–water partition coefficient (Wildman–Crippen LogP) is 3.17. The molecule has 0 bridgehead atoms. The van der Waals surface area contributed by atoms with Gasteiger partial charge in [-0.15, -0.1) is 0 Å². The Hall–Kier alpha value is -2.86. The Labute approximate surface area is 142 Å². The summed E-state index contributed by atoms with van der Waals surface area (Å²) in [6, 6.07) is 9.79. The number of aryl methyl sites for hydroxylation is 1. The fraction of sp³-hybridized carbons (Fsp3) is 0.118. The molecule has 6 nitrogen and oxygen atoms in total. The summed E-state index contributed by atoms with van der Waals surface area (Å²) in [7, 11) is 0. The second kappa shape index (κ2) is 6.72. The summed E-state index contributed by atoms with van der Waals surface area (Å²) in [6.45, 7) is 1.61. The topological polar surface area (TPSA) is 81.4 Å². The molecule has 1 N–H and O–H groups in total. The Morgan fingerprint density at radius 2 is 2.17 bits per heavy atom. The third kappa shape index (κ3) is 3.55. The van der Waals surface area contributed by atoms with E-state index < -0.39 is 5.63 Å². The summed E-state index contributed by atoms with van der Waals surface area (Å²) in [4.78, 5) is 27.2. The summed E-state index contributed by atoms with van der Waals surface area (Å²) in [5, 5.41) is 3.62. The number of rotatable bonds is 4. The van der Waals surface area contributed by atoms with Crippen LogP contribution < -0.4 is 15.7 Å². The van der Waals surface area contributed by atoms with Gasteiger partial charge in [0.1, 0.15) is 11.3 Å². The summed E-state index contributed by atoms with van der Waals surface area (Å²) >= 11 is 5.87. The lowest BCUT2D eigenvalue weighted by atomic mass is 10.1. The normalized spacial score (nSPS) is 10.6. The second-order valence-corrected chi connectivity index (χ2v) is 5.44. The molecule has 122 valence electrons. The van der Waals surface area contributed by atoms with Crippen molar-refractivity contribution < 1.29 is 13.9 Å². The number of benzene rings is 1. The van der Waals surface area contributed by atoms with Crippen LogP contribution in [0.2, 0.25) is 5.15 Å². The van der Waals surface area contributed by atoms with Gasteiger partial charge in [-0.05, 0) is 36.8 Å². The first kappa shape index (κ1) is 16.0. The van der Waals surface area contributed by atoms with Crippen LogP contribution in [0.25, 0.3) is 11.0 Å². The Balaban J connectivity index is 1.70. The highest BCUT2D eigenvalue weighted by molar-refractivity contribution is 6.32. The van der Waals surface area contributed by atoms with Crippen LogP contribution in [0, 0.1) is 6.92 Å². The maximum Gasteiger partial charge on any atom is 0.336 e. The molecule has 0 radical (unpaired) electrons. The Kier molecular flexibility index (Phi) is 4.48. The van der Waals surface area contributed by atoms with E-state index in [1.54, 1.807) is 30.3 Å². The minimum Gasteiger partial charge on any atom is -0.484 e. The van der Waals surface area contributed by atoms with Crippen LogP contribution in [0.4, 0.5) is 5.69 Å². The van der Waals surface area contributed by atoms with E-state index in [0.29, 0.717) is 17.0 Å². The number of aromatic nitrogens is 1. The van der Waals surface area contributed by atoms with Crippen LogP contribution in [0.1, 0.15) is 5.56 Å². The van der Waals surface area contributed by atoms with Gasteiger partial charge in [-0.3, -0.25) is 4.79 Å². The lowest BCUT2D eigenvalue weighted by Gasteiger charge is -2.09. The Morgan fingerprint density at radius 3 is 2.96 bits per heavy atom. The number of hydrogen-bond donors (Lipinski definition) is 1. The Morgan fingerprint density at radius 1 is 1.33 bits per heavy atom. The lowest BCUT2D eigenvalue weighted by Crippen LogP contribution is -2.20. The van der Waals surface area contributed by atoms with Crippen molar-refractivity contribution in [3.63, 3.8) is 0 Å². The van der Waals surface area contributed by atoms with Gasteiger partial charge in [-0.2, -0.15) is 0 Å². The van der Waals surface area contributed by atoms with Crippen molar-refractivity contribution in [3.05, 3.63) is 63.7 Å². The smallest absolute Gasteiger partial charge is 0.336 e. The van der Waals surface area contributed by atoms with Crippen molar-refractivity contribution in [2.75, 3.05) is 11.9 Å². The number of nitrogens with zero attached hydrogens (tertiary/aromatic N) is 1. The van der Waals surface area contributed by atoms with Gasteiger partial charge < -0.3 is 14.5 Å². The van der Waals surface area contributed by atoms with Gasteiger partial charge in [0.05, 0.1) is 5.69 Å². The van der Waals surface area contributed by atoms with E-state index in [2.05, 4.69) is 10.3 Å². The highest BCUT2D eigenvalue weighted by atomic mass is 35.5. The van der Waals surface area contributed by atoms with E-state index in [9.17, 15) is 9.59 Å². The van der Waals surface area contributed by atoms with Crippen molar-refractivity contribution in [2.24, 2.45) is 0 Å². The Bertz CT molecular complexity index is 968. The molecule has 2 aromatic heterocycles. The summed E-state index contributed by atoms with van der Waals surface area (Å²) < 4.78 is 10.6. The zero-order valence-electron chi connectivity index (χ0n) is 12.7. The molecule has 0 aliphatic carbocycles. The fourth-order valence-corrected chi connectivity index (χ4v) is 2.38. The average Bonchev–Trinajstić information content (AvgIpc) is 2.54. The molecule has 0 unspecified atom stereocenters. The second-order valence-electron chi connectivity index (χ2n) is 5.09. The number of halogens is 1. The van der Waals surface area contributed by atoms with E-state index in [4.69, 9.17) is 20.8 Å². The zero-order valence-corrected chi connectivity index (χ0v) is 13.5. The quantitative estimate of drug-likeness (QED) is 0.580. The minimum atomic E-state index is -0.430. The van der Waals surface area contributed by atoms with Crippen LogP contribution in [0.5, 0.6) is 5.75 Å². The molecule has 0 atom stereocenters. The molecule has 0 spiro atoms. The van der Waals surface area contributed by atoms with Crippen LogP contribution in [-0.4, -0.2) is 17.5 Å². The van der Waals surface area contributed by atoms with Crippen LogP contribution >= 0.6 is 11.6 Å². The number of fused-ring (bicyclic) bond motifs is 1. The van der Waals surface area contributed by atoms with Crippen LogP contribution in [0.3, 0.4) is 0 Å². The molecule has 1 amide bonds. The largest absolute Gasteiger partial charge is 0.484 e. The first-order valence-electron chi connectivity index (χ1n) is 7.10. The highest BCUT2D eigenvalue weighted by Gasteiger charge is 2.08. The molecular weight excluding hydrogens is 332 g/mol. The number of hydrogen-bond acceptors (Lipinski definition) is 5. The maximum absolute atomic E-state index is 11.9. The molecule has 0 saturated carbocycles. The SMILES string of the molecule is Cc1cc(=O)oc2cc(OCC(=O)Nc3cccnc3Cl)ccc12. The van der Waals surface area contributed by atoms with Gasteiger partial charge in [0.2, 0.25) is 0 Å². The molecule has 3 rings (SSSR count). The zero-order chi connectivity index (χ0) is 17.1. The van der Waals surface area contributed by atoms with Gasteiger partial charge in [0.25, 0.3) is 5.91 Å². The molecule has 1 aromatic carbocycles. The first-order valence-corrected chi connectivity index (χ1v) is 7.48. The first-order chi connectivity index (χ1) is 11.5. The van der Waals surface area contributed by atoms with Gasteiger partial charge in [0, 0.05) is 23.7 Å². The lowest BCUT2D eigenvalue weighted by molar-refractivity contribution is -0.118. The number of carbonyl (C=O) groups is 1. The van der Waals surface area contributed by atoms with E-state index in [1.807, 2.05) is 6.92 Å². The third-order valence-corrected chi connectivity index (χ3v) is 3.63. The number of carbonyl (C=O) groups excluding carboxylic acids is 1. The summed E-state index contributed by atoms with van der Waals surface area (Å²) in [5.74, 6) is 0.0411. The van der Waals surface area contributed by atoms with Gasteiger partial charge in [-0.25, -0.2) is 9.78 Å². The minimum absolute atomic E-state index is 0.203. The third-order valence-electron chi connectivity index (χ3n) is 3.33. The highest BCUT2D eigenvalue weighted by Crippen LogP contribution is 2.22. The number of ether oxygens (including phenoxy) is 1. The van der Waals surface area contributed by atoms with Crippen molar-refractivity contribution in [2.45, 2.75) is 6.92 Å². The van der Waals surface area contributed by atoms with Crippen molar-refractivity contribution in [1.82, 2.24) is 4.98 Å². The van der Waals surface area contributed by atoms with Crippen LogP contribution in [0.15, 0.2) is 51.8 Å². The van der Waals surface area contributed by atoms with E-state index >= 15 is 0 Å². The number of pyridine rings is 1. The summed E-state index contributed by atoms with van der Waals surface area (Å²) in [6.07, 6.45) is 1.53.